The van der Waals surface area contributed by atoms with Gasteiger partial charge in [-0.05, 0) is 83.9 Å². The molecule has 9 rings (SSSR count). The van der Waals surface area contributed by atoms with E-state index in [0.29, 0.717) is 16.7 Å². The lowest BCUT2D eigenvalue weighted by Gasteiger charge is -2.16. The first-order chi connectivity index (χ1) is 24.7. The number of hydrogen-bond donors (Lipinski definition) is 0. The number of hydrogen-bond acceptors (Lipinski definition) is 3. The number of para-hydroxylation sites is 4. The Morgan fingerprint density at radius 2 is 0.980 bits per heavy atom. The molecule has 0 spiro atoms. The van der Waals surface area contributed by atoms with Gasteiger partial charge in [0.15, 0.2) is 0 Å². The summed E-state index contributed by atoms with van der Waals surface area (Å²) in [5, 5.41) is 34.6. The number of aromatic nitrogens is 2. The third-order valence-corrected chi connectivity index (χ3v) is 9.60. The molecule has 0 N–H and O–H groups in total. The molecule has 2 heterocycles. The Hall–Kier alpha value is -7.39. The van der Waals surface area contributed by atoms with Gasteiger partial charge in [-0.15, -0.1) is 0 Å². The SMILES string of the molecule is N#Cc1cc(-c2ccc(C#N)c(-c3ccccc3-n3c4ccccc4c4cc(C#N)ccc43)c2)cc(-n2c3ccccc3c3ccccc32)c1. The van der Waals surface area contributed by atoms with Crippen molar-refractivity contribution in [3.8, 4) is 51.8 Å². The molecule has 7 aromatic carbocycles. The molecule has 0 aliphatic heterocycles. The van der Waals surface area contributed by atoms with Gasteiger partial charge in [-0.2, -0.15) is 15.8 Å². The fourth-order valence-corrected chi connectivity index (χ4v) is 7.41. The summed E-state index contributed by atoms with van der Waals surface area (Å²) < 4.78 is 4.43. The summed E-state index contributed by atoms with van der Waals surface area (Å²) in [4.78, 5) is 0. The molecular formula is C45H25N5. The molecule has 0 unspecified atom stereocenters. The number of rotatable bonds is 4. The number of benzene rings is 7. The van der Waals surface area contributed by atoms with Crippen molar-refractivity contribution in [2.45, 2.75) is 0 Å². The average molecular weight is 636 g/mol. The maximum atomic E-state index is 10.4. The molecule has 0 atom stereocenters. The minimum Gasteiger partial charge on any atom is -0.309 e. The third kappa shape index (κ3) is 4.38. The Labute approximate surface area is 287 Å². The molecule has 0 fully saturated rings. The van der Waals surface area contributed by atoms with Crippen LogP contribution in [-0.2, 0) is 0 Å². The quantitative estimate of drug-likeness (QED) is 0.193. The number of fused-ring (bicyclic) bond motifs is 6. The molecule has 230 valence electrons. The second kappa shape index (κ2) is 11.4. The molecule has 50 heavy (non-hydrogen) atoms. The largest absolute Gasteiger partial charge is 0.309 e. The second-order valence-corrected chi connectivity index (χ2v) is 12.3. The van der Waals surface area contributed by atoms with E-state index in [0.717, 1.165) is 77.2 Å². The summed E-state index contributed by atoms with van der Waals surface area (Å²) in [7, 11) is 0. The van der Waals surface area contributed by atoms with Crippen LogP contribution in [-0.4, -0.2) is 9.13 Å². The van der Waals surface area contributed by atoms with Crippen molar-refractivity contribution < 1.29 is 0 Å². The molecule has 0 bridgehead atoms. The monoisotopic (exact) mass is 635 g/mol. The smallest absolute Gasteiger partial charge is 0.0998 e. The summed E-state index contributed by atoms with van der Waals surface area (Å²) in [6, 6.07) is 57.7. The van der Waals surface area contributed by atoms with Gasteiger partial charge in [0.1, 0.15) is 0 Å². The first-order valence-corrected chi connectivity index (χ1v) is 16.3. The maximum Gasteiger partial charge on any atom is 0.0998 e. The van der Waals surface area contributed by atoms with E-state index in [1.165, 1.54) is 0 Å². The zero-order valence-corrected chi connectivity index (χ0v) is 26.7. The predicted molar refractivity (Wildman–Crippen MR) is 200 cm³/mol. The van der Waals surface area contributed by atoms with Crippen molar-refractivity contribution in [2.75, 3.05) is 0 Å². The van der Waals surface area contributed by atoms with Gasteiger partial charge < -0.3 is 9.13 Å². The van der Waals surface area contributed by atoms with Crippen molar-refractivity contribution in [2.24, 2.45) is 0 Å². The Kier molecular flexibility index (Phi) is 6.56. The summed E-state index contributed by atoms with van der Waals surface area (Å²) in [6.45, 7) is 0. The minimum absolute atomic E-state index is 0.549. The van der Waals surface area contributed by atoms with Crippen molar-refractivity contribution >= 4 is 43.6 Å². The van der Waals surface area contributed by atoms with Crippen molar-refractivity contribution in [3.63, 3.8) is 0 Å². The number of nitriles is 3. The first-order valence-electron chi connectivity index (χ1n) is 16.3. The van der Waals surface area contributed by atoms with E-state index in [2.05, 4.69) is 100 Å². The molecule has 0 aliphatic rings. The van der Waals surface area contributed by atoms with Crippen molar-refractivity contribution in [3.05, 3.63) is 168 Å². The molecule has 5 nitrogen and oxygen atoms in total. The Morgan fingerprint density at radius 3 is 1.66 bits per heavy atom. The van der Waals surface area contributed by atoms with E-state index >= 15 is 0 Å². The molecule has 2 aromatic heterocycles. The summed E-state index contributed by atoms with van der Waals surface area (Å²) >= 11 is 0. The fraction of sp³-hybridized carbons (Fsp3) is 0. The third-order valence-electron chi connectivity index (χ3n) is 9.60. The van der Waals surface area contributed by atoms with E-state index in [1.54, 1.807) is 0 Å². The minimum atomic E-state index is 0.549. The Bertz CT molecular complexity index is 2920. The highest BCUT2D eigenvalue weighted by atomic mass is 15.0. The molecule has 0 aliphatic carbocycles. The van der Waals surface area contributed by atoms with E-state index in [9.17, 15) is 15.8 Å². The van der Waals surface area contributed by atoms with Crippen LogP contribution in [0.3, 0.4) is 0 Å². The maximum absolute atomic E-state index is 10.4. The highest BCUT2D eigenvalue weighted by Gasteiger charge is 2.19. The van der Waals surface area contributed by atoms with Crippen LogP contribution in [0.15, 0.2) is 152 Å². The van der Waals surface area contributed by atoms with Crippen LogP contribution < -0.4 is 0 Å². The van der Waals surface area contributed by atoms with Crippen LogP contribution in [0.2, 0.25) is 0 Å². The van der Waals surface area contributed by atoms with Gasteiger partial charge in [0.2, 0.25) is 0 Å². The Balaban J connectivity index is 1.26. The van der Waals surface area contributed by atoms with E-state index in [1.807, 2.05) is 78.9 Å². The summed E-state index contributed by atoms with van der Waals surface area (Å²) in [5.41, 5.74) is 11.1. The standard InChI is InChI=1S/C45H25N5/c46-26-29-17-20-45-40(23-29)38-12-4-8-16-44(38)50(45)43-15-7-3-11-37(43)39-25-31(18-19-32(39)28-48)33-21-30(27-47)22-34(24-33)49-41-13-5-1-9-35(41)36-10-2-6-14-42(36)49/h1-25H. The van der Waals surface area contributed by atoms with Crippen molar-refractivity contribution in [1.82, 2.24) is 9.13 Å². The number of nitrogens with zero attached hydrogens (tertiary/aromatic N) is 5. The van der Waals surface area contributed by atoms with Gasteiger partial charge in [0.25, 0.3) is 0 Å². The van der Waals surface area contributed by atoms with Gasteiger partial charge in [-0.25, -0.2) is 0 Å². The van der Waals surface area contributed by atoms with Gasteiger partial charge in [0, 0.05) is 38.4 Å². The predicted octanol–water partition coefficient (Wildman–Crippen LogP) is 10.8. The van der Waals surface area contributed by atoms with Gasteiger partial charge >= 0.3 is 0 Å². The molecular weight excluding hydrogens is 611 g/mol. The van der Waals surface area contributed by atoms with Crippen LogP contribution in [0.1, 0.15) is 16.7 Å². The lowest BCUT2D eigenvalue weighted by atomic mass is 9.93. The lowest BCUT2D eigenvalue weighted by Crippen LogP contribution is -1.99. The zero-order chi connectivity index (χ0) is 33.8. The molecule has 0 radical (unpaired) electrons. The van der Waals surface area contributed by atoms with Crippen molar-refractivity contribution in [1.29, 1.82) is 15.8 Å². The van der Waals surface area contributed by atoms with Crippen LogP contribution in [0.5, 0.6) is 0 Å². The van der Waals surface area contributed by atoms with Gasteiger partial charge in [-0.3, -0.25) is 0 Å². The molecule has 5 heteroatoms. The molecule has 0 saturated heterocycles. The summed E-state index contributed by atoms with van der Waals surface area (Å²) in [5.74, 6) is 0. The van der Waals surface area contributed by atoms with E-state index in [4.69, 9.17) is 0 Å². The van der Waals surface area contributed by atoms with E-state index in [-0.39, 0.29) is 0 Å². The Morgan fingerprint density at radius 1 is 0.380 bits per heavy atom. The van der Waals surface area contributed by atoms with Gasteiger partial charge in [0.05, 0.1) is 62.7 Å². The molecule has 9 aromatic rings. The van der Waals surface area contributed by atoms with Gasteiger partial charge in [-0.1, -0.05) is 78.9 Å². The first kappa shape index (κ1) is 28.8. The second-order valence-electron chi connectivity index (χ2n) is 12.3. The summed E-state index contributed by atoms with van der Waals surface area (Å²) in [6.07, 6.45) is 0. The van der Waals surface area contributed by atoms with Crippen LogP contribution in [0.25, 0.3) is 77.2 Å². The highest BCUT2D eigenvalue weighted by Crippen LogP contribution is 2.39. The lowest BCUT2D eigenvalue weighted by molar-refractivity contribution is 1.18. The average Bonchev–Trinajstić information content (AvgIpc) is 3.70. The topological polar surface area (TPSA) is 81.2 Å². The van der Waals surface area contributed by atoms with Crippen LogP contribution in [0.4, 0.5) is 0 Å². The van der Waals surface area contributed by atoms with E-state index < -0.39 is 0 Å². The molecule has 0 amide bonds. The zero-order valence-electron chi connectivity index (χ0n) is 26.7. The highest BCUT2D eigenvalue weighted by molar-refractivity contribution is 6.11. The van der Waals surface area contributed by atoms with Crippen LogP contribution in [0, 0.1) is 34.0 Å². The molecule has 0 saturated carbocycles. The normalized spacial score (nSPS) is 11.1. The van der Waals surface area contributed by atoms with Crippen LogP contribution >= 0.6 is 0 Å². The fourth-order valence-electron chi connectivity index (χ4n) is 7.41.